The minimum absolute atomic E-state index is 0.150. The lowest BCUT2D eigenvalue weighted by molar-refractivity contribution is -0.142. The van der Waals surface area contributed by atoms with E-state index in [0.29, 0.717) is 5.82 Å². The van der Waals surface area contributed by atoms with E-state index in [9.17, 15) is 4.79 Å². The normalized spacial score (nSPS) is 19.1. The molecule has 0 aliphatic heterocycles. The molecule has 0 saturated heterocycles. The van der Waals surface area contributed by atoms with E-state index >= 15 is 0 Å². The predicted octanol–water partition coefficient (Wildman–Crippen LogP) is 0.867. The van der Waals surface area contributed by atoms with Gasteiger partial charge >= 0.3 is 5.97 Å². The number of fused-ring (bicyclic) bond motifs is 1. The van der Waals surface area contributed by atoms with Crippen LogP contribution in [0.5, 0.6) is 0 Å². The molecule has 0 radical (unpaired) electrons. The number of aryl methyl sites for hydroxylation is 1. The number of carbonyl (C=O) groups is 1. The lowest BCUT2D eigenvalue weighted by atomic mass is 10.0. The van der Waals surface area contributed by atoms with Gasteiger partial charge < -0.3 is 10.5 Å². The van der Waals surface area contributed by atoms with Gasteiger partial charge in [0.25, 0.3) is 0 Å². The van der Waals surface area contributed by atoms with Crippen LogP contribution in [0.4, 0.5) is 5.82 Å². The van der Waals surface area contributed by atoms with E-state index in [2.05, 4.69) is 4.98 Å². The zero-order valence-electron chi connectivity index (χ0n) is 7.99. The second-order valence-corrected chi connectivity index (χ2v) is 3.39. The Balaban J connectivity index is 2.35. The highest BCUT2D eigenvalue weighted by atomic mass is 16.5. The maximum absolute atomic E-state index is 11.4. The van der Waals surface area contributed by atoms with Crippen molar-refractivity contribution in [3.8, 4) is 0 Å². The first-order valence-corrected chi connectivity index (χ1v) is 4.55. The molecule has 1 atom stereocenters. The number of nitrogens with two attached hydrogens (primary N) is 1. The van der Waals surface area contributed by atoms with Crippen molar-refractivity contribution in [3.63, 3.8) is 0 Å². The number of pyridine rings is 1. The molecule has 2 rings (SSSR count). The molecule has 0 bridgehead atoms. The minimum Gasteiger partial charge on any atom is -0.469 e. The van der Waals surface area contributed by atoms with Crippen molar-refractivity contribution in [3.05, 3.63) is 23.4 Å². The standard InChI is InChI=1S/C10H12N2O2/c1-14-10(13)7-2-4-8-6(7)3-5-9(11)12-8/h3,5,7H,2,4H2,1H3,(H2,11,12). The van der Waals surface area contributed by atoms with Gasteiger partial charge in [-0.25, -0.2) is 4.98 Å². The highest BCUT2D eigenvalue weighted by Crippen LogP contribution is 2.33. The number of hydrogen-bond donors (Lipinski definition) is 1. The number of esters is 1. The molecule has 1 aliphatic carbocycles. The van der Waals surface area contributed by atoms with Crippen LogP contribution in [0.15, 0.2) is 12.1 Å². The van der Waals surface area contributed by atoms with E-state index in [-0.39, 0.29) is 11.9 Å². The largest absolute Gasteiger partial charge is 0.469 e. The van der Waals surface area contributed by atoms with Crippen LogP contribution in [-0.4, -0.2) is 18.1 Å². The van der Waals surface area contributed by atoms with Crippen molar-refractivity contribution in [2.24, 2.45) is 0 Å². The van der Waals surface area contributed by atoms with Crippen molar-refractivity contribution in [2.45, 2.75) is 18.8 Å². The first-order valence-electron chi connectivity index (χ1n) is 4.55. The summed E-state index contributed by atoms with van der Waals surface area (Å²) in [5, 5.41) is 0. The van der Waals surface area contributed by atoms with Crippen LogP contribution >= 0.6 is 0 Å². The van der Waals surface area contributed by atoms with Crippen molar-refractivity contribution in [2.75, 3.05) is 12.8 Å². The zero-order valence-corrected chi connectivity index (χ0v) is 7.99. The van der Waals surface area contributed by atoms with E-state index in [4.69, 9.17) is 10.5 Å². The number of rotatable bonds is 1. The molecule has 0 amide bonds. The molecule has 1 heterocycles. The van der Waals surface area contributed by atoms with Crippen LogP contribution in [0, 0.1) is 0 Å². The van der Waals surface area contributed by atoms with Crippen LogP contribution in [0.25, 0.3) is 0 Å². The van der Waals surface area contributed by atoms with Gasteiger partial charge in [0.1, 0.15) is 5.82 Å². The summed E-state index contributed by atoms with van der Waals surface area (Å²) in [5.41, 5.74) is 7.45. The molecule has 74 valence electrons. The average molecular weight is 192 g/mol. The van der Waals surface area contributed by atoms with Crippen LogP contribution < -0.4 is 5.73 Å². The first kappa shape index (κ1) is 8.99. The molecule has 4 heteroatoms. The summed E-state index contributed by atoms with van der Waals surface area (Å²) in [6.45, 7) is 0. The summed E-state index contributed by atoms with van der Waals surface area (Å²) >= 11 is 0. The first-order chi connectivity index (χ1) is 6.72. The van der Waals surface area contributed by atoms with Crippen LogP contribution in [0.3, 0.4) is 0 Å². The molecule has 0 fully saturated rings. The molecule has 0 spiro atoms. The Morgan fingerprint density at radius 1 is 1.64 bits per heavy atom. The van der Waals surface area contributed by atoms with E-state index in [1.165, 1.54) is 7.11 Å². The highest BCUT2D eigenvalue weighted by Gasteiger charge is 2.30. The van der Waals surface area contributed by atoms with Crippen LogP contribution in [-0.2, 0) is 16.0 Å². The Hall–Kier alpha value is -1.58. The summed E-state index contributed by atoms with van der Waals surface area (Å²) in [7, 11) is 1.41. The number of methoxy groups -OCH3 is 1. The van der Waals surface area contributed by atoms with E-state index < -0.39 is 0 Å². The third kappa shape index (κ3) is 1.32. The Morgan fingerprint density at radius 2 is 2.43 bits per heavy atom. The number of anilines is 1. The van der Waals surface area contributed by atoms with Gasteiger partial charge in [0.15, 0.2) is 0 Å². The second-order valence-electron chi connectivity index (χ2n) is 3.39. The molecule has 1 aliphatic rings. The fourth-order valence-corrected chi connectivity index (χ4v) is 1.87. The smallest absolute Gasteiger partial charge is 0.313 e. The summed E-state index contributed by atoms with van der Waals surface area (Å²) in [6.07, 6.45) is 1.58. The number of nitrogens with zero attached hydrogens (tertiary/aromatic N) is 1. The van der Waals surface area contributed by atoms with Gasteiger partial charge in [-0.3, -0.25) is 4.79 Å². The molecule has 4 nitrogen and oxygen atoms in total. The average Bonchev–Trinajstić information content (AvgIpc) is 2.59. The number of ether oxygens (including phenoxy) is 1. The summed E-state index contributed by atoms with van der Waals surface area (Å²) < 4.78 is 4.72. The molecule has 1 unspecified atom stereocenters. The van der Waals surface area contributed by atoms with Crippen LogP contribution in [0.1, 0.15) is 23.6 Å². The molecule has 1 aromatic heterocycles. The molecular weight excluding hydrogens is 180 g/mol. The number of carbonyl (C=O) groups excluding carboxylic acids is 1. The van der Waals surface area contributed by atoms with Gasteiger partial charge in [-0.05, 0) is 24.5 Å². The Bertz CT molecular complexity index is 376. The van der Waals surface area contributed by atoms with Gasteiger partial charge in [0.2, 0.25) is 0 Å². The number of hydrogen-bond acceptors (Lipinski definition) is 4. The molecule has 14 heavy (non-hydrogen) atoms. The zero-order chi connectivity index (χ0) is 10.1. The second kappa shape index (κ2) is 3.29. The Kier molecular flexibility index (Phi) is 2.11. The van der Waals surface area contributed by atoms with Gasteiger partial charge in [-0.1, -0.05) is 6.07 Å². The molecule has 0 aromatic carbocycles. The van der Waals surface area contributed by atoms with Crippen molar-refractivity contribution in [1.29, 1.82) is 0 Å². The summed E-state index contributed by atoms with van der Waals surface area (Å²) in [4.78, 5) is 15.6. The number of aromatic nitrogens is 1. The van der Waals surface area contributed by atoms with Gasteiger partial charge in [-0.2, -0.15) is 0 Å². The Labute approximate surface area is 82.1 Å². The molecule has 1 aromatic rings. The van der Waals surface area contributed by atoms with Crippen molar-refractivity contribution in [1.82, 2.24) is 4.98 Å². The SMILES string of the molecule is COC(=O)C1CCc2nc(N)ccc21. The molecule has 2 N–H and O–H groups in total. The monoisotopic (exact) mass is 192 g/mol. The van der Waals surface area contributed by atoms with E-state index in [0.717, 1.165) is 24.1 Å². The minimum atomic E-state index is -0.185. The third-order valence-electron chi connectivity index (χ3n) is 2.56. The number of nitrogen functional groups attached to an aromatic ring is 1. The third-order valence-corrected chi connectivity index (χ3v) is 2.56. The van der Waals surface area contributed by atoms with E-state index in [1.54, 1.807) is 6.07 Å². The fourth-order valence-electron chi connectivity index (χ4n) is 1.87. The van der Waals surface area contributed by atoms with Gasteiger partial charge in [0, 0.05) is 5.69 Å². The topological polar surface area (TPSA) is 65.2 Å². The lowest BCUT2D eigenvalue weighted by Gasteiger charge is -2.07. The fraction of sp³-hybridized carbons (Fsp3) is 0.400. The van der Waals surface area contributed by atoms with Gasteiger partial charge in [-0.15, -0.1) is 0 Å². The predicted molar refractivity (Wildman–Crippen MR) is 51.7 cm³/mol. The molecule has 0 saturated carbocycles. The van der Waals surface area contributed by atoms with Crippen molar-refractivity contribution < 1.29 is 9.53 Å². The lowest BCUT2D eigenvalue weighted by Crippen LogP contribution is -2.11. The maximum Gasteiger partial charge on any atom is 0.313 e. The maximum atomic E-state index is 11.4. The molecular formula is C10H12N2O2. The summed E-state index contributed by atoms with van der Waals surface area (Å²) in [6, 6.07) is 3.59. The summed E-state index contributed by atoms with van der Waals surface area (Å²) in [5.74, 6) is 0.174. The Morgan fingerprint density at radius 3 is 3.14 bits per heavy atom. The highest BCUT2D eigenvalue weighted by molar-refractivity contribution is 5.79. The van der Waals surface area contributed by atoms with Gasteiger partial charge in [0.05, 0.1) is 13.0 Å². The van der Waals surface area contributed by atoms with Crippen LogP contribution in [0.2, 0.25) is 0 Å². The van der Waals surface area contributed by atoms with E-state index in [1.807, 2.05) is 6.07 Å². The quantitative estimate of drug-likeness (QED) is 0.670. The van der Waals surface area contributed by atoms with Crippen molar-refractivity contribution >= 4 is 11.8 Å².